The maximum atomic E-state index is 11.6. The van der Waals surface area contributed by atoms with Gasteiger partial charge >= 0.3 is 0 Å². The summed E-state index contributed by atoms with van der Waals surface area (Å²) in [6.07, 6.45) is 1.76. The highest BCUT2D eigenvalue weighted by Gasteiger charge is 2.08. The summed E-state index contributed by atoms with van der Waals surface area (Å²) in [6.45, 7) is 4.90. The number of nitrogens with two attached hydrogens (primary N) is 1. The summed E-state index contributed by atoms with van der Waals surface area (Å²) in [4.78, 5) is 11.6. The van der Waals surface area contributed by atoms with Gasteiger partial charge in [-0.05, 0) is 31.5 Å². The van der Waals surface area contributed by atoms with Crippen molar-refractivity contribution in [2.24, 2.45) is 5.73 Å². The maximum Gasteiger partial charge on any atom is 0.250 e. The fraction of sp³-hybridized carbons (Fsp3) is 0.312. The molecule has 4 nitrogen and oxygen atoms in total. The Bertz CT molecular complexity index is 632. The minimum absolute atomic E-state index is 0.0206. The van der Waals surface area contributed by atoms with Gasteiger partial charge in [0.2, 0.25) is 0 Å². The van der Waals surface area contributed by atoms with Crippen molar-refractivity contribution < 1.29 is 4.74 Å². The zero-order valence-electron chi connectivity index (χ0n) is 11.9. The zero-order chi connectivity index (χ0) is 14.5. The summed E-state index contributed by atoms with van der Waals surface area (Å²) < 4.78 is 7.42. The molecular formula is C16H20N2O2. The third-order valence-corrected chi connectivity index (χ3v) is 3.15. The van der Waals surface area contributed by atoms with Crippen LogP contribution in [0.25, 0.3) is 0 Å². The highest BCUT2D eigenvalue weighted by molar-refractivity contribution is 5.38. The van der Waals surface area contributed by atoms with Gasteiger partial charge in [-0.15, -0.1) is 0 Å². The third kappa shape index (κ3) is 3.48. The molecular weight excluding hydrogens is 252 g/mol. The van der Waals surface area contributed by atoms with Crippen LogP contribution in [0.15, 0.2) is 47.4 Å². The van der Waals surface area contributed by atoms with E-state index in [9.17, 15) is 4.79 Å². The van der Waals surface area contributed by atoms with Crippen LogP contribution in [-0.2, 0) is 6.54 Å². The van der Waals surface area contributed by atoms with E-state index >= 15 is 0 Å². The minimum Gasteiger partial charge on any atom is -0.491 e. The second-order valence-electron chi connectivity index (χ2n) is 4.91. The summed E-state index contributed by atoms with van der Waals surface area (Å²) in [5, 5.41) is 0. The molecule has 20 heavy (non-hydrogen) atoms. The number of aryl methyl sites for hydroxylation is 1. The maximum absolute atomic E-state index is 11.6. The second-order valence-corrected chi connectivity index (χ2v) is 4.91. The third-order valence-electron chi connectivity index (χ3n) is 3.15. The number of benzene rings is 1. The Hall–Kier alpha value is -2.07. The van der Waals surface area contributed by atoms with Gasteiger partial charge in [-0.1, -0.05) is 18.2 Å². The standard InChI is InChI=1S/C16H20N2O2/c1-12-6-7-14(13(2)17)15(11-12)20-10-9-18-8-4-3-5-16(18)19/h3-8,11,13H,9-10,17H2,1-2H3/t13-/m1/s1. The molecule has 1 atom stereocenters. The molecule has 2 aromatic rings. The quantitative estimate of drug-likeness (QED) is 0.908. The first-order valence-corrected chi connectivity index (χ1v) is 6.72. The molecule has 1 aromatic carbocycles. The number of nitrogens with zero attached hydrogens (tertiary/aromatic N) is 1. The molecule has 106 valence electrons. The molecule has 0 aliphatic carbocycles. The van der Waals surface area contributed by atoms with E-state index in [-0.39, 0.29) is 11.6 Å². The first-order valence-electron chi connectivity index (χ1n) is 6.72. The molecule has 2 N–H and O–H groups in total. The first-order chi connectivity index (χ1) is 9.58. The molecule has 1 aromatic heterocycles. The van der Waals surface area contributed by atoms with Crippen LogP contribution in [0.3, 0.4) is 0 Å². The fourth-order valence-electron chi connectivity index (χ4n) is 2.04. The lowest BCUT2D eigenvalue weighted by Crippen LogP contribution is -2.21. The van der Waals surface area contributed by atoms with Crippen LogP contribution in [0.4, 0.5) is 0 Å². The van der Waals surface area contributed by atoms with Crippen molar-refractivity contribution in [2.75, 3.05) is 6.61 Å². The molecule has 0 saturated heterocycles. The average Bonchev–Trinajstić information content (AvgIpc) is 2.41. The van der Waals surface area contributed by atoms with Gasteiger partial charge in [0, 0.05) is 23.9 Å². The molecule has 0 radical (unpaired) electrons. The van der Waals surface area contributed by atoms with Crippen LogP contribution in [0.5, 0.6) is 5.75 Å². The number of rotatable bonds is 5. The van der Waals surface area contributed by atoms with E-state index in [1.165, 1.54) is 0 Å². The lowest BCUT2D eigenvalue weighted by Gasteiger charge is -2.15. The molecule has 0 fully saturated rings. The van der Waals surface area contributed by atoms with Crippen molar-refractivity contribution in [3.63, 3.8) is 0 Å². The molecule has 0 saturated carbocycles. The Morgan fingerprint density at radius 3 is 2.80 bits per heavy atom. The van der Waals surface area contributed by atoms with Gasteiger partial charge in [0.1, 0.15) is 12.4 Å². The van der Waals surface area contributed by atoms with Crippen molar-refractivity contribution in [3.05, 3.63) is 64.1 Å². The van der Waals surface area contributed by atoms with Gasteiger partial charge in [0.05, 0.1) is 6.54 Å². The minimum atomic E-state index is -0.0787. The molecule has 0 unspecified atom stereocenters. The van der Waals surface area contributed by atoms with Crippen LogP contribution in [0.1, 0.15) is 24.1 Å². The van der Waals surface area contributed by atoms with Crippen molar-refractivity contribution in [1.82, 2.24) is 4.57 Å². The summed E-state index contributed by atoms with van der Waals surface area (Å²) >= 11 is 0. The van der Waals surface area contributed by atoms with Gasteiger partial charge < -0.3 is 15.0 Å². The Morgan fingerprint density at radius 2 is 2.10 bits per heavy atom. The van der Waals surface area contributed by atoms with Gasteiger partial charge in [-0.2, -0.15) is 0 Å². The Labute approximate surface area is 118 Å². The number of aromatic nitrogens is 1. The van der Waals surface area contributed by atoms with E-state index in [4.69, 9.17) is 10.5 Å². The number of pyridine rings is 1. The predicted octanol–water partition coefficient (Wildman–Crippen LogP) is 2.26. The van der Waals surface area contributed by atoms with Crippen molar-refractivity contribution in [2.45, 2.75) is 26.4 Å². The molecule has 0 spiro atoms. The molecule has 2 rings (SSSR count). The van der Waals surface area contributed by atoms with Crippen LogP contribution in [-0.4, -0.2) is 11.2 Å². The number of hydrogen-bond acceptors (Lipinski definition) is 3. The Kier molecular flexibility index (Phi) is 4.58. The Balaban J connectivity index is 2.06. The zero-order valence-corrected chi connectivity index (χ0v) is 11.9. The van der Waals surface area contributed by atoms with Crippen molar-refractivity contribution in [1.29, 1.82) is 0 Å². The van der Waals surface area contributed by atoms with E-state index < -0.39 is 0 Å². The fourth-order valence-corrected chi connectivity index (χ4v) is 2.04. The summed E-state index contributed by atoms with van der Waals surface area (Å²) in [5.74, 6) is 0.795. The Morgan fingerprint density at radius 1 is 1.30 bits per heavy atom. The van der Waals surface area contributed by atoms with E-state index in [0.29, 0.717) is 13.2 Å². The molecule has 0 bridgehead atoms. The largest absolute Gasteiger partial charge is 0.491 e. The normalized spacial score (nSPS) is 12.2. The lowest BCUT2D eigenvalue weighted by atomic mass is 10.1. The predicted molar refractivity (Wildman–Crippen MR) is 80.0 cm³/mol. The average molecular weight is 272 g/mol. The van der Waals surface area contributed by atoms with E-state index in [0.717, 1.165) is 16.9 Å². The van der Waals surface area contributed by atoms with Crippen molar-refractivity contribution >= 4 is 0 Å². The molecule has 4 heteroatoms. The first kappa shape index (κ1) is 14.3. The van der Waals surface area contributed by atoms with Gasteiger partial charge in [0.15, 0.2) is 0 Å². The topological polar surface area (TPSA) is 57.2 Å². The van der Waals surface area contributed by atoms with Gasteiger partial charge in [0.25, 0.3) is 5.56 Å². The highest BCUT2D eigenvalue weighted by Crippen LogP contribution is 2.25. The van der Waals surface area contributed by atoms with Gasteiger partial charge in [-0.25, -0.2) is 0 Å². The molecule has 0 aliphatic rings. The monoisotopic (exact) mass is 272 g/mol. The van der Waals surface area contributed by atoms with E-state index in [2.05, 4.69) is 0 Å². The van der Waals surface area contributed by atoms with Crippen molar-refractivity contribution in [3.8, 4) is 5.75 Å². The number of ether oxygens (including phenoxy) is 1. The summed E-state index contributed by atoms with van der Waals surface area (Å²) in [7, 11) is 0. The molecule has 1 heterocycles. The van der Waals surface area contributed by atoms with E-state index in [1.807, 2.05) is 38.1 Å². The smallest absolute Gasteiger partial charge is 0.250 e. The van der Waals surface area contributed by atoms with Crippen LogP contribution in [0.2, 0.25) is 0 Å². The van der Waals surface area contributed by atoms with Gasteiger partial charge in [-0.3, -0.25) is 4.79 Å². The summed E-state index contributed by atoms with van der Waals surface area (Å²) in [5.41, 5.74) is 8.02. The lowest BCUT2D eigenvalue weighted by molar-refractivity contribution is 0.292. The summed E-state index contributed by atoms with van der Waals surface area (Å²) in [6, 6.07) is 11.0. The number of hydrogen-bond donors (Lipinski definition) is 1. The SMILES string of the molecule is Cc1ccc([C@@H](C)N)c(OCCn2ccccc2=O)c1. The van der Waals surface area contributed by atoms with Crippen LogP contribution < -0.4 is 16.0 Å². The molecule has 0 aliphatic heterocycles. The molecule has 0 amide bonds. The second kappa shape index (κ2) is 6.39. The highest BCUT2D eigenvalue weighted by atomic mass is 16.5. The van der Waals surface area contributed by atoms with E-state index in [1.54, 1.807) is 22.9 Å². The van der Waals surface area contributed by atoms with Crippen LogP contribution in [0, 0.1) is 6.92 Å². The van der Waals surface area contributed by atoms with Crippen LogP contribution >= 0.6 is 0 Å².